The van der Waals surface area contributed by atoms with Crippen molar-refractivity contribution in [3.05, 3.63) is 46.4 Å². The number of halogens is 1. The van der Waals surface area contributed by atoms with Crippen molar-refractivity contribution >= 4 is 17.6 Å². The molecule has 0 aliphatic heterocycles. The molecular formula is C11H7FOS. The lowest BCUT2D eigenvalue weighted by Crippen LogP contribution is -1.76. The molecule has 0 N–H and O–H groups in total. The molecule has 0 spiro atoms. The van der Waals surface area contributed by atoms with Crippen molar-refractivity contribution in [1.29, 1.82) is 0 Å². The van der Waals surface area contributed by atoms with Crippen LogP contribution in [0.1, 0.15) is 9.67 Å². The largest absolute Gasteiger partial charge is 0.297 e. The Morgan fingerprint density at radius 2 is 2.07 bits per heavy atom. The fourth-order valence-corrected chi connectivity index (χ4v) is 1.95. The Morgan fingerprint density at radius 1 is 1.21 bits per heavy atom. The van der Waals surface area contributed by atoms with Gasteiger partial charge in [0.1, 0.15) is 5.82 Å². The fraction of sp³-hybridized carbons (Fsp3) is 0. The van der Waals surface area contributed by atoms with Crippen molar-refractivity contribution in [2.24, 2.45) is 0 Å². The molecule has 0 aliphatic carbocycles. The molecular weight excluding hydrogens is 199 g/mol. The minimum Gasteiger partial charge on any atom is -0.297 e. The van der Waals surface area contributed by atoms with Crippen LogP contribution in [0.2, 0.25) is 0 Å². The quantitative estimate of drug-likeness (QED) is 0.688. The first-order chi connectivity index (χ1) is 6.79. The summed E-state index contributed by atoms with van der Waals surface area (Å²) < 4.78 is 12.9. The van der Waals surface area contributed by atoms with Gasteiger partial charge < -0.3 is 0 Å². The van der Waals surface area contributed by atoms with E-state index in [2.05, 4.69) is 0 Å². The first-order valence-electron chi connectivity index (χ1n) is 4.09. The van der Waals surface area contributed by atoms with Gasteiger partial charge in [0.05, 0.1) is 4.88 Å². The molecule has 0 radical (unpaired) electrons. The number of hydrogen-bond acceptors (Lipinski definition) is 2. The molecule has 0 atom stereocenters. The third kappa shape index (κ3) is 1.72. The number of carbonyl (C=O) groups is 1. The predicted octanol–water partition coefficient (Wildman–Crippen LogP) is 3.37. The Labute approximate surface area is 84.8 Å². The summed E-state index contributed by atoms with van der Waals surface area (Å²) in [5.74, 6) is -0.263. The van der Waals surface area contributed by atoms with Crippen LogP contribution in [-0.2, 0) is 0 Å². The van der Waals surface area contributed by atoms with Crippen LogP contribution in [0, 0.1) is 5.82 Å². The number of thiophene rings is 1. The van der Waals surface area contributed by atoms with Crippen LogP contribution >= 0.6 is 11.3 Å². The third-order valence-electron chi connectivity index (χ3n) is 1.89. The second-order valence-corrected chi connectivity index (χ2v) is 3.81. The highest BCUT2D eigenvalue weighted by molar-refractivity contribution is 7.12. The van der Waals surface area contributed by atoms with Gasteiger partial charge >= 0.3 is 0 Å². The topological polar surface area (TPSA) is 17.1 Å². The minimum atomic E-state index is -0.263. The molecule has 0 fully saturated rings. The molecule has 0 unspecified atom stereocenters. The summed E-state index contributed by atoms with van der Waals surface area (Å²) >= 11 is 1.36. The summed E-state index contributed by atoms with van der Waals surface area (Å²) in [6.07, 6.45) is 0.799. The average Bonchev–Trinajstić information content (AvgIpc) is 2.66. The molecule has 0 bridgehead atoms. The first kappa shape index (κ1) is 9.09. The molecule has 3 heteroatoms. The lowest BCUT2D eigenvalue weighted by atomic mass is 10.1. The van der Waals surface area contributed by atoms with Crippen molar-refractivity contribution in [3.63, 3.8) is 0 Å². The Morgan fingerprint density at radius 3 is 2.71 bits per heavy atom. The molecule has 14 heavy (non-hydrogen) atoms. The van der Waals surface area contributed by atoms with Gasteiger partial charge in [-0.2, -0.15) is 0 Å². The number of rotatable bonds is 2. The summed E-state index contributed by atoms with van der Waals surface area (Å²) in [5.41, 5.74) is 1.69. The van der Waals surface area contributed by atoms with Crippen LogP contribution in [-0.4, -0.2) is 6.29 Å². The molecule has 0 saturated heterocycles. The van der Waals surface area contributed by atoms with E-state index in [1.807, 2.05) is 11.4 Å². The van der Waals surface area contributed by atoms with E-state index in [-0.39, 0.29) is 5.82 Å². The van der Waals surface area contributed by atoms with Crippen LogP contribution in [0.4, 0.5) is 4.39 Å². The zero-order chi connectivity index (χ0) is 9.97. The Bertz CT molecular complexity index is 462. The smallest absolute Gasteiger partial charge is 0.160 e. The number of benzene rings is 1. The molecule has 70 valence electrons. The zero-order valence-electron chi connectivity index (χ0n) is 7.24. The molecule has 1 heterocycles. The average molecular weight is 206 g/mol. The fourth-order valence-electron chi connectivity index (χ4n) is 1.23. The van der Waals surface area contributed by atoms with Crippen molar-refractivity contribution in [1.82, 2.24) is 0 Å². The van der Waals surface area contributed by atoms with E-state index in [1.54, 1.807) is 12.1 Å². The summed E-state index contributed by atoms with van der Waals surface area (Å²) in [6, 6.07) is 8.09. The monoisotopic (exact) mass is 206 g/mol. The molecule has 2 rings (SSSR count). The number of hydrogen-bond donors (Lipinski definition) is 0. The normalized spacial score (nSPS) is 10.1. The maximum Gasteiger partial charge on any atom is 0.160 e. The summed E-state index contributed by atoms with van der Waals surface area (Å²) in [5, 5.41) is 1.85. The maximum atomic E-state index is 12.9. The van der Waals surface area contributed by atoms with Gasteiger partial charge in [0.15, 0.2) is 6.29 Å². The maximum absolute atomic E-state index is 12.9. The molecule has 1 aromatic carbocycles. The van der Waals surface area contributed by atoms with E-state index >= 15 is 0 Å². The van der Waals surface area contributed by atoms with Crippen molar-refractivity contribution in [2.45, 2.75) is 0 Å². The Balaban J connectivity index is 2.43. The molecule has 0 aliphatic rings. The van der Waals surface area contributed by atoms with Crippen LogP contribution in [0.25, 0.3) is 11.1 Å². The van der Waals surface area contributed by atoms with Gasteiger partial charge in [0.2, 0.25) is 0 Å². The molecule has 0 amide bonds. The highest BCUT2D eigenvalue weighted by atomic mass is 32.1. The molecule has 2 aromatic rings. The molecule has 1 aromatic heterocycles. The highest BCUT2D eigenvalue weighted by Gasteiger charge is 2.02. The van der Waals surface area contributed by atoms with Gasteiger partial charge in [-0.25, -0.2) is 4.39 Å². The van der Waals surface area contributed by atoms with Crippen LogP contribution in [0.3, 0.4) is 0 Å². The predicted molar refractivity (Wildman–Crippen MR) is 55.1 cm³/mol. The standard InChI is InChI=1S/C11H7FOS/c12-10-3-1-2-8(4-10)9-5-11(6-13)14-7-9/h1-7H. The van der Waals surface area contributed by atoms with E-state index in [1.165, 1.54) is 23.5 Å². The van der Waals surface area contributed by atoms with Gasteiger partial charge in [0.25, 0.3) is 0 Å². The van der Waals surface area contributed by atoms with E-state index in [0.717, 1.165) is 17.4 Å². The first-order valence-corrected chi connectivity index (χ1v) is 4.97. The summed E-state index contributed by atoms with van der Waals surface area (Å²) in [7, 11) is 0. The van der Waals surface area contributed by atoms with Crippen LogP contribution in [0.5, 0.6) is 0 Å². The second kappa shape index (κ2) is 3.72. The number of aldehydes is 1. The number of carbonyl (C=O) groups excluding carboxylic acids is 1. The lowest BCUT2D eigenvalue weighted by Gasteiger charge is -1.96. The van der Waals surface area contributed by atoms with Gasteiger partial charge in [-0.05, 0) is 34.7 Å². The summed E-state index contributed by atoms with van der Waals surface area (Å²) in [6.45, 7) is 0. The third-order valence-corrected chi connectivity index (χ3v) is 2.75. The molecule has 0 saturated carbocycles. The van der Waals surface area contributed by atoms with E-state index in [4.69, 9.17) is 0 Å². The van der Waals surface area contributed by atoms with Gasteiger partial charge in [-0.3, -0.25) is 4.79 Å². The van der Waals surface area contributed by atoms with Crippen LogP contribution in [0.15, 0.2) is 35.7 Å². The van der Waals surface area contributed by atoms with Crippen LogP contribution < -0.4 is 0 Å². The van der Waals surface area contributed by atoms with Crippen molar-refractivity contribution in [3.8, 4) is 11.1 Å². The minimum absolute atomic E-state index is 0.263. The van der Waals surface area contributed by atoms with Crippen molar-refractivity contribution < 1.29 is 9.18 Å². The summed E-state index contributed by atoms with van der Waals surface area (Å²) in [4.78, 5) is 11.1. The van der Waals surface area contributed by atoms with E-state index < -0.39 is 0 Å². The van der Waals surface area contributed by atoms with Crippen molar-refractivity contribution in [2.75, 3.05) is 0 Å². The Hall–Kier alpha value is -1.48. The zero-order valence-corrected chi connectivity index (χ0v) is 8.05. The SMILES string of the molecule is O=Cc1cc(-c2cccc(F)c2)cs1. The van der Waals surface area contributed by atoms with Gasteiger partial charge in [-0.1, -0.05) is 12.1 Å². The van der Waals surface area contributed by atoms with Gasteiger partial charge in [0, 0.05) is 0 Å². The highest BCUT2D eigenvalue weighted by Crippen LogP contribution is 2.24. The van der Waals surface area contributed by atoms with E-state index in [0.29, 0.717) is 4.88 Å². The second-order valence-electron chi connectivity index (χ2n) is 2.87. The van der Waals surface area contributed by atoms with Gasteiger partial charge in [-0.15, -0.1) is 11.3 Å². The lowest BCUT2D eigenvalue weighted by molar-refractivity contribution is 0.112. The Kier molecular flexibility index (Phi) is 2.41. The van der Waals surface area contributed by atoms with E-state index in [9.17, 15) is 9.18 Å². The molecule has 1 nitrogen and oxygen atoms in total.